The Hall–Kier alpha value is -2.19. The zero-order valence-electron chi connectivity index (χ0n) is 15.1. The zero-order chi connectivity index (χ0) is 19.6. The molecular formula is C19H21F4N3O. The minimum absolute atomic E-state index is 0.0162. The Morgan fingerprint density at radius 1 is 1.00 bits per heavy atom. The number of rotatable bonds is 5. The summed E-state index contributed by atoms with van der Waals surface area (Å²) in [4.78, 5) is 4.80. The fourth-order valence-electron chi connectivity index (χ4n) is 3.36. The van der Waals surface area contributed by atoms with Gasteiger partial charge in [0.25, 0.3) is 11.9 Å². The van der Waals surface area contributed by atoms with Crippen LogP contribution in [0.25, 0.3) is 0 Å². The minimum atomic E-state index is -1.68. The molecule has 0 saturated carbocycles. The maximum absolute atomic E-state index is 13.8. The van der Waals surface area contributed by atoms with Crippen LogP contribution in [0, 0.1) is 23.5 Å². The monoisotopic (exact) mass is 383 g/mol. The quantitative estimate of drug-likeness (QED) is 0.629. The van der Waals surface area contributed by atoms with E-state index in [0.717, 1.165) is 24.2 Å². The van der Waals surface area contributed by atoms with E-state index in [9.17, 15) is 17.6 Å². The molecule has 2 atom stereocenters. The van der Waals surface area contributed by atoms with Gasteiger partial charge in [-0.2, -0.15) is 22.5 Å². The van der Waals surface area contributed by atoms with Crippen LogP contribution in [0.3, 0.4) is 0 Å². The van der Waals surface area contributed by atoms with Crippen molar-refractivity contribution in [3.8, 4) is 0 Å². The van der Waals surface area contributed by atoms with Crippen LogP contribution in [0.5, 0.6) is 0 Å². The molecule has 1 aromatic carbocycles. The second-order valence-corrected chi connectivity index (χ2v) is 6.77. The van der Waals surface area contributed by atoms with Gasteiger partial charge in [-0.15, -0.1) is 0 Å². The molecule has 2 aromatic rings. The van der Waals surface area contributed by atoms with Crippen molar-refractivity contribution in [1.82, 2.24) is 9.88 Å². The van der Waals surface area contributed by atoms with Crippen molar-refractivity contribution >= 4 is 5.69 Å². The van der Waals surface area contributed by atoms with E-state index in [0.29, 0.717) is 6.54 Å². The number of aromatic nitrogens is 1. The van der Waals surface area contributed by atoms with Crippen LogP contribution < -0.4 is 5.32 Å². The van der Waals surface area contributed by atoms with Crippen molar-refractivity contribution in [3.05, 3.63) is 58.9 Å². The van der Waals surface area contributed by atoms with E-state index in [1.807, 2.05) is 26.0 Å². The summed E-state index contributed by atoms with van der Waals surface area (Å²) in [5, 5.41) is 2.46. The first-order chi connectivity index (χ1) is 12.8. The number of halogens is 4. The van der Waals surface area contributed by atoms with Gasteiger partial charge in [-0.1, -0.05) is 24.3 Å². The second kappa shape index (κ2) is 8.22. The van der Waals surface area contributed by atoms with Crippen molar-refractivity contribution in [3.63, 3.8) is 0 Å². The van der Waals surface area contributed by atoms with Gasteiger partial charge in [0, 0.05) is 26.2 Å². The molecule has 2 unspecified atom stereocenters. The van der Waals surface area contributed by atoms with Gasteiger partial charge in [0.1, 0.15) is 5.69 Å². The molecule has 0 aliphatic carbocycles. The maximum Gasteiger partial charge on any atom is 0.253 e. The van der Waals surface area contributed by atoms with E-state index in [4.69, 9.17) is 4.74 Å². The summed E-state index contributed by atoms with van der Waals surface area (Å²) in [7, 11) is 0. The highest BCUT2D eigenvalue weighted by Crippen LogP contribution is 2.24. The lowest BCUT2D eigenvalue weighted by Gasteiger charge is -2.35. The van der Waals surface area contributed by atoms with Gasteiger partial charge in [-0.25, -0.2) is 0 Å². The lowest BCUT2D eigenvalue weighted by Crippen LogP contribution is -2.44. The molecule has 1 N–H and O–H groups in total. The van der Waals surface area contributed by atoms with Gasteiger partial charge >= 0.3 is 0 Å². The number of hydrogen-bond acceptors (Lipinski definition) is 4. The first-order valence-corrected chi connectivity index (χ1v) is 8.73. The summed E-state index contributed by atoms with van der Waals surface area (Å²) in [6, 6.07) is 7.40. The first kappa shape index (κ1) is 19.6. The average molecular weight is 383 g/mol. The zero-order valence-corrected chi connectivity index (χ0v) is 15.1. The molecule has 4 nitrogen and oxygen atoms in total. The molecule has 1 saturated heterocycles. The largest absolute Gasteiger partial charge is 0.376 e. The number of benzene rings is 1. The summed E-state index contributed by atoms with van der Waals surface area (Å²) in [5.74, 6) is -6.44. The molecular weight excluding hydrogens is 362 g/mol. The molecule has 146 valence electrons. The minimum Gasteiger partial charge on any atom is -0.376 e. The van der Waals surface area contributed by atoms with Gasteiger partial charge in [0.15, 0.2) is 0 Å². The standard InChI is InChI=1S/C19H21F4N3O/c1-11-8-26(9-12(2)27-11)10-14-6-4-3-5-13(14)7-24-17-15(20)18(22)25-19(23)16(17)21/h3-6,11-12H,7-10H2,1-2H3,(H,24,25). The highest BCUT2D eigenvalue weighted by atomic mass is 19.2. The molecule has 8 heteroatoms. The molecule has 2 heterocycles. The normalized spacial score (nSPS) is 20.7. The lowest BCUT2D eigenvalue weighted by molar-refractivity contribution is -0.0705. The van der Waals surface area contributed by atoms with Crippen LogP contribution in [0.4, 0.5) is 23.2 Å². The third kappa shape index (κ3) is 4.56. The molecule has 0 bridgehead atoms. The van der Waals surface area contributed by atoms with Crippen LogP contribution >= 0.6 is 0 Å². The number of anilines is 1. The second-order valence-electron chi connectivity index (χ2n) is 6.77. The molecule has 27 heavy (non-hydrogen) atoms. The van der Waals surface area contributed by atoms with Crippen molar-refractivity contribution in [2.24, 2.45) is 0 Å². The van der Waals surface area contributed by atoms with Gasteiger partial charge in [0.05, 0.1) is 12.2 Å². The summed E-state index contributed by atoms with van der Waals surface area (Å²) < 4.78 is 59.8. The van der Waals surface area contributed by atoms with Gasteiger partial charge in [-0.3, -0.25) is 4.90 Å². The Balaban J connectivity index is 1.76. The van der Waals surface area contributed by atoms with Gasteiger partial charge < -0.3 is 10.1 Å². The van der Waals surface area contributed by atoms with E-state index in [-0.39, 0.29) is 18.8 Å². The van der Waals surface area contributed by atoms with Crippen molar-refractivity contribution in [1.29, 1.82) is 0 Å². The van der Waals surface area contributed by atoms with E-state index in [1.165, 1.54) is 0 Å². The Morgan fingerprint density at radius 3 is 2.15 bits per heavy atom. The molecule has 0 spiro atoms. The number of nitrogens with one attached hydrogen (secondary N) is 1. The van der Waals surface area contributed by atoms with Crippen LogP contribution in [-0.2, 0) is 17.8 Å². The molecule has 3 rings (SSSR count). The highest BCUT2D eigenvalue weighted by molar-refractivity contribution is 5.46. The Morgan fingerprint density at radius 2 is 1.56 bits per heavy atom. The Labute approximate surface area is 155 Å². The molecule has 0 amide bonds. The number of nitrogens with zero attached hydrogens (tertiary/aromatic N) is 2. The van der Waals surface area contributed by atoms with Crippen LogP contribution in [0.2, 0.25) is 0 Å². The number of ether oxygens (including phenoxy) is 1. The van der Waals surface area contributed by atoms with E-state index in [2.05, 4.69) is 15.2 Å². The third-order valence-corrected chi connectivity index (χ3v) is 4.46. The van der Waals surface area contributed by atoms with E-state index < -0.39 is 29.2 Å². The fraction of sp³-hybridized carbons (Fsp3) is 0.421. The molecule has 1 fully saturated rings. The molecule has 0 radical (unpaired) electrons. The first-order valence-electron chi connectivity index (χ1n) is 8.73. The average Bonchev–Trinajstić information content (AvgIpc) is 2.60. The number of morpholine rings is 1. The number of pyridine rings is 1. The predicted octanol–water partition coefficient (Wildman–Crippen LogP) is 3.86. The predicted molar refractivity (Wildman–Crippen MR) is 93.1 cm³/mol. The lowest BCUT2D eigenvalue weighted by atomic mass is 10.1. The smallest absolute Gasteiger partial charge is 0.253 e. The fourth-order valence-corrected chi connectivity index (χ4v) is 3.36. The Bertz CT molecular complexity index is 782. The number of hydrogen-bond donors (Lipinski definition) is 1. The summed E-state index contributed by atoms with van der Waals surface area (Å²) in [6.45, 7) is 6.22. The van der Waals surface area contributed by atoms with Crippen LogP contribution in [0.1, 0.15) is 25.0 Å². The van der Waals surface area contributed by atoms with Crippen molar-refractivity contribution < 1.29 is 22.3 Å². The summed E-state index contributed by atoms with van der Waals surface area (Å²) >= 11 is 0. The Kier molecular flexibility index (Phi) is 5.96. The topological polar surface area (TPSA) is 37.4 Å². The van der Waals surface area contributed by atoms with Crippen LogP contribution in [-0.4, -0.2) is 35.2 Å². The summed E-state index contributed by atoms with van der Waals surface area (Å²) in [5.41, 5.74) is 0.881. The molecule has 1 aromatic heterocycles. The molecule has 1 aliphatic heterocycles. The SMILES string of the molecule is CC1CN(Cc2ccccc2CNc2c(F)c(F)nc(F)c2F)CC(C)O1. The molecule has 1 aliphatic rings. The van der Waals surface area contributed by atoms with Gasteiger partial charge in [-0.05, 0) is 25.0 Å². The van der Waals surface area contributed by atoms with Crippen LogP contribution in [0.15, 0.2) is 24.3 Å². The third-order valence-electron chi connectivity index (χ3n) is 4.46. The maximum atomic E-state index is 13.8. The highest BCUT2D eigenvalue weighted by Gasteiger charge is 2.23. The van der Waals surface area contributed by atoms with Crippen molar-refractivity contribution in [2.75, 3.05) is 18.4 Å². The van der Waals surface area contributed by atoms with Gasteiger partial charge in [0.2, 0.25) is 11.6 Å². The summed E-state index contributed by atoms with van der Waals surface area (Å²) in [6.07, 6.45) is 0.231. The van der Waals surface area contributed by atoms with E-state index >= 15 is 0 Å². The van der Waals surface area contributed by atoms with E-state index in [1.54, 1.807) is 12.1 Å². The van der Waals surface area contributed by atoms with Crippen molar-refractivity contribution in [2.45, 2.75) is 39.1 Å².